The van der Waals surface area contributed by atoms with E-state index in [1.54, 1.807) is 0 Å². The van der Waals surface area contributed by atoms with Crippen LogP contribution in [-0.4, -0.2) is 23.3 Å². The van der Waals surface area contributed by atoms with E-state index in [1.165, 1.54) is 0 Å². The fourth-order valence-corrected chi connectivity index (χ4v) is 1.42. The van der Waals surface area contributed by atoms with Gasteiger partial charge in [-0.05, 0) is 5.56 Å². The highest BCUT2D eigenvalue weighted by molar-refractivity contribution is 5.76. The van der Waals surface area contributed by atoms with E-state index < -0.39 is 6.23 Å². The molecule has 0 saturated carbocycles. The third-order valence-electron chi connectivity index (χ3n) is 2.36. The Bertz CT molecular complexity index is 333. The van der Waals surface area contributed by atoms with Gasteiger partial charge in [0.15, 0.2) is 0 Å². The number of nitrogens with one attached hydrogen (secondary N) is 1. The molecule has 4 nitrogen and oxygen atoms in total. The van der Waals surface area contributed by atoms with Gasteiger partial charge in [-0.1, -0.05) is 30.3 Å². The molecule has 1 heterocycles. The fourth-order valence-electron chi connectivity index (χ4n) is 1.42. The van der Waals surface area contributed by atoms with Gasteiger partial charge in [0.2, 0.25) is 0 Å². The summed E-state index contributed by atoms with van der Waals surface area (Å²) in [5.74, 6) is -0.302. The van der Waals surface area contributed by atoms with Crippen molar-refractivity contribution in [3.63, 3.8) is 0 Å². The average molecular weight is 207 g/mol. The SMILES string of the molecule is O=C(OCc1ccccc1)[C@@H]1CC(O)N1. The number of hydrogen-bond acceptors (Lipinski definition) is 4. The first-order chi connectivity index (χ1) is 7.25. The minimum Gasteiger partial charge on any atom is -0.460 e. The third-order valence-corrected chi connectivity index (χ3v) is 2.36. The van der Waals surface area contributed by atoms with Crippen molar-refractivity contribution in [3.05, 3.63) is 35.9 Å². The van der Waals surface area contributed by atoms with Crippen LogP contribution < -0.4 is 5.32 Å². The van der Waals surface area contributed by atoms with Crippen molar-refractivity contribution < 1.29 is 14.6 Å². The number of carbonyl (C=O) groups excluding carboxylic acids is 1. The molecule has 0 aliphatic carbocycles. The molecule has 0 aromatic heterocycles. The predicted octanol–water partition coefficient (Wildman–Crippen LogP) is 0.410. The lowest BCUT2D eigenvalue weighted by Gasteiger charge is -2.31. The molecule has 2 atom stereocenters. The first-order valence-corrected chi connectivity index (χ1v) is 4.90. The zero-order valence-electron chi connectivity index (χ0n) is 8.22. The van der Waals surface area contributed by atoms with E-state index in [0.29, 0.717) is 6.42 Å². The van der Waals surface area contributed by atoms with Crippen molar-refractivity contribution in [2.45, 2.75) is 25.3 Å². The van der Waals surface area contributed by atoms with Crippen LogP contribution in [0.1, 0.15) is 12.0 Å². The number of esters is 1. The first kappa shape index (κ1) is 10.1. The van der Waals surface area contributed by atoms with E-state index in [9.17, 15) is 4.79 Å². The average Bonchev–Trinajstić information content (AvgIpc) is 2.23. The number of aliphatic hydroxyl groups is 1. The number of rotatable bonds is 3. The summed E-state index contributed by atoms with van der Waals surface area (Å²) in [6.45, 7) is 0.286. The third kappa shape index (κ3) is 2.55. The molecule has 2 N–H and O–H groups in total. The number of benzene rings is 1. The van der Waals surface area contributed by atoms with Crippen molar-refractivity contribution in [2.24, 2.45) is 0 Å². The Kier molecular flexibility index (Phi) is 2.99. The topological polar surface area (TPSA) is 58.6 Å². The van der Waals surface area contributed by atoms with Gasteiger partial charge in [0.25, 0.3) is 0 Å². The molecule has 15 heavy (non-hydrogen) atoms. The molecule has 1 saturated heterocycles. The predicted molar refractivity (Wildman–Crippen MR) is 53.8 cm³/mol. The van der Waals surface area contributed by atoms with Gasteiger partial charge in [0, 0.05) is 6.42 Å². The standard InChI is InChI=1S/C11H13NO3/c13-10-6-9(12-10)11(14)15-7-8-4-2-1-3-5-8/h1-5,9-10,12-13H,6-7H2/t9-,10?/m0/s1. The molecule has 1 aliphatic heterocycles. The van der Waals surface area contributed by atoms with Crippen LogP contribution >= 0.6 is 0 Å². The second-order valence-electron chi connectivity index (χ2n) is 3.56. The van der Waals surface area contributed by atoms with Crippen molar-refractivity contribution in [2.75, 3.05) is 0 Å². The zero-order chi connectivity index (χ0) is 10.7. The molecular formula is C11H13NO3. The lowest BCUT2D eigenvalue weighted by atomic mass is 10.1. The summed E-state index contributed by atoms with van der Waals surface area (Å²) in [7, 11) is 0. The fraction of sp³-hybridized carbons (Fsp3) is 0.364. The van der Waals surface area contributed by atoms with Gasteiger partial charge in [-0.25, -0.2) is 0 Å². The van der Waals surface area contributed by atoms with Gasteiger partial charge in [0.05, 0.1) is 0 Å². The smallest absolute Gasteiger partial charge is 0.323 e. The first-order valence-electron chi connectivity index (χ1n) is 4.90. The van der Waals surface area contributed by atoms with E-state index in [1.807, 2.05) is 30.3 Å². The molecular weight excluding hydrogens is 194 g/mol. The Morgan fingerprint density at radius 1 is 1.47 bits per heavy atom. The lowest BCUT2D eigenvalue weighted by Crippen LogP contribution is -2.56. The highest BCUT2D eigenvalue weighted by Gasteiger charge is 2.33. The van der Waals surface area contributed by atoms with Gasteiger partial charge in [-0.15, -0.1) is 0 Å². The Morgan fingerprint density at radius 3 is 2.73 bits per heavy atom. The molecule has 1 fully saturated rings. The molecule has 0 amide bonds. The summed E-state index contributed by atoms with van der Waals surface area (Å²) in [6, 6.07) is 9.16. The summed E-state index contributed by atoms with van der Waals surface area (Å²) in [6.07, 6.45) is -0.118. The molecule has 1 aromatic rings. The number of carbonyl (C=O) groups is 1. The normalized spacial score (nSPS) is 24.3. The Balaban J connectivity index is 1.76. The van der Waals surface area contributed by atoms with Crippen LogP contribution in [0.3, 0.4) is 0 Å². The van der Waals surface area contributed by atoms with Gasteiger partial charge < -0.3 is 9.84 Å². The Labute approximate surface area is 87.9 Å². The number of hydrogen-bond donors (Lipinski definition) is 2. The van der Waals surface area contributed by atoms with Gasteiger partial charge in [-0.2, -0.15) is 0 Å². The van der Waals surface area contributed by atoms with Crippen LogP contribution in [0, 0.1) is 0 Å². The van der Waals surface area contributed by atoms with E-state index in [4.69, 9.17) is 9.84 Å². The van der Waals surface area contributed by atoms with Gasteiger partial charge >= 0.3 is 5.97 Å². The summed E-state index contributed by atoms with van der Waals surface area (Å²) in [5, 5.41) is 11.6. The van der Waals surface area contributed by atoms with Crippen molar-refractivity contribution in [1.82, 2.24) is 5.32 Å². The summed E-state index contributed by atoms with van der Waals surface area (Å²) in [4.78, 5) is 11.3. The highest BCUT2D eigenvalue weighted by Crippen LogP contribution is 2.11. The largest absolute Gasteiger partial charge is 0.460 e. The van der Waals surface area contributed by atoms with Crippen LogP contribution in [0.4, 0.5) is 0 Å². The molecule has 1 unspecified atom stereocenters. The molecule has 1 aliphatic rings. The van der Waals surface area contributed by atoms with Crippen molar-refractivity contribution in [3.8, 4) is 0 Å². The summed E-state index contributed by atoms with van der Waals surface area (Å²) < 4.78 is 5.07. The maximum atomic E-state index is 11.3. The molecule has 0 spiro atoms. The van der Waals surface area contributed by atoms with Crippen LogP contribution in [0.2, 0.25) is 0 Å². The van der Waals surface area contributed by atoms with Gasteiger partial charge in [-0.3, -0.25) is 10.1 Å². The van der Waals surface area contributed by atoms with Crippen molar-refractivity contribution in [1.29, 1.82) is 0 Å². The van der Waals surface area contributed by atoms with E-state index in [2.05, 4.69) is 5.32 Å². The second-order valence-corrected chi connectivity index (χ2v) is 3.56. The van der Waals surface area contributed by atoms with E-state index in [-0.39, 0.29) is 18.6 Å². The van der Waals surface area contributed by atoms with Crippen LogP contribution in [0.5, 0.6) is 0 Å². The molecule has 0 bridgehead atoms. The van der Waals surface area contributed by atoms with Crippen LogP contribution in [-0.2, 0) is 16.1 Å². The van der Waals surface area contributed by atoms with Gasteiger partial charge in [0.1, 0.15) is 18.9 Å². The zero-order valence-corrected chi connectivity index (χ0v) is 8.22. The summed E-state index contributed by atoms with van der Waals surface area (Å²) >= 11 is 0. The minimum atomic E-state index is -0.556. The maximum Gasteiger partial charge on any atom is 0.323 e. The molecule has 0 radical (unpaired) electrons. The number of aliphatic hydroxyl groups excluding tert-OH is 1. The summed E-state index contributed by atoms with van der Waals surface area (Å²) in [5.41, 5.74) is 0.964. The van der Waals surface area contributed by atoms with Crippen LogP contribution in [0.15, 0.2) is 30.3 Å². The lowest BCUT2D eigenvalue weighted by molar-refractivity contribution is -0.154. The monoisotopic (exact) mass is 207 g/mol. The van der Waals surface area contributed by atoms with Crippen molar-refractivity contribution >= 4 is 5.97 Å². The molecule has 2 rings (SSSR count). The molecule has 4 heteroatoms. The second kappa shape index (κ2) is 4.42. The quantitative estimate of drug-likeness (QED) is 0.705. The highest BCUT2D eigenvalue weighted by atomic mass is 16.5. The minimum absolute atomic E-state index is 0.286. The number of ether oxygens (including phenoxy) is 1. The van der Waals surface area contributed by atoms with Crippen LogP contribution in [0.25, 0.3) is 0 Å². The maximum absolute atomic E-state index is 11.3. The van der Waals surface area contributed by atoms with E-state index >= 15 is 0 Å². The molecule has 1 aromatic carbocycles. The Morgan fingerprint density at radius 2 is 2.13 bits per heavy atom. The Hall–Kier alpha value is -1.39. The molecule has 80 valence electrons. The van der Waals surface area contributed by atoms with E-state index in [0.717, 1.165) is 5.56 Å².